The molecule has 0 aliphatic heterocycles. The maximum atomic E-state index is 9.82. The number of hydrogen-bond acceptors (Lipinski definition) is 1. The number of phenols is 1. The van der Waals surface area contributed by atoms with Crippen LogP contribution in [0, 0.1) is 0 Å². The summed E-state index contributed by atoms with van der Waals surface area (Å²) in [6.07, 6.45) is 0. The molecule has 0 fully saturated rings. The van der Waals surface area contributed by atoms with Gasteiger partial charge in [0.15, 0.2) is 0 Å². The van der Waals surface area contributed by atoms with Gasteiger partial charge in [-0.1, -0.05) is 39.0 Å². The van der Waals surface area contributed by atoms with Crippen LogP contribution in [-0.4, -0.2) is 5.11 Å². The zero-order valence-corrected chi connectivity index (χ0v) is 10.4. The summed E-state index contributed by atoms with van der Waals surface area (Å²) >= 11 is 6.03. The van der Waals surface area contributed by atoms with Gasteiger partial charge < -0.3 is 5.11 Å². The molecule has 1 aromatic carbocycles. The van der Waals surface area contributed by atoms with Gasteiger partial charge in [-0.3, -0.25) is 0 Å². The number of aromatic hydroxyl groups is 1. The van der Waals surface area contributed by atoms with Crippen molar-refractivity contribution in [3.8, 4) is 5.75 Å². The largest absolute Gasteiger partial charge is 0.508 e. The highest BCUT2D eigenvalue weighted by molar-refractivity contribution is 6.32. The van der Waals surface area contributed by atoms with E-state index in [-0.39, 0.29) is 11.2 Å². The van der Waals surface area contributed by atoms with Crippen molar-refractivity contribution in [2.24, 2.45) is 0 Å². The molecule has 0 atom stereocenters. The summed E-state index contributed by atoms with van der Waals surface area (Å²) in [5.41, 5.74) is 2.61. The number of phenolic OH excluding ortho intramolecular Hbond substituents is 1. The lowest BCUT2D eigenvalue weighted by atomic mass is 9.85. The topological polar surface area (TPSA) is 20.2 Å². The van der Waals surface area contributed by atoms with E-state index < -0.39 is 0 Å². The lowest BCUT2D eigenvalue weighted by molar-refractivity contribution is 0.446. The van der Waals surface area contributed by atoms with Crippen LogP contribution >= 0.6 is 11.6 Å². The zero-order chi connectivity index (χ0) is 11.8. The van der Waals surface area contributed by atoms with Crippen molar-refractivity contribution < 1.29 is 5.11 Å². The molecule has 0 spiro atoms. The molecule has 0 aliphatic carbocycles. The van der Waals surface area contributed by atoms with E-state index in [0.29, 0.717) is 5.02 Å². The lowest BCUT2D eigenvalue weighted by Gasteiger charge is -2.22. The van der Waals surface area contributed by atoms with Gasteiger partial charge in [0.2, 0.25) is 0 Å². The maximum Gasteiger partial charge on any atom is 0.120 e. The molecule has 1 N–H and O–H groups in total. The van der Waals surface area contributed by atoms with Gasteiger partial charge in [-0.05, 0) is 41.2 Å². The molecule has 2 heteroatoms. The lowest BCUT2D eigenvalue weighted by Crippen LogP contribution is -2.11. The van der Waals surface area contributed by atoms with Crippen molar-refractivity contribution in [3.05, 3.63) is 34.9 Å². The average molecular weight is 225 g/mol. The summed E-state index contributed by atoms with van der Waals surface area (Å²) in [5, 5.41) is 10.4. The predicted octanol–water partition coefficient (Wildman–Crippen LogP) is 4.38. The fourth-order valence-electron chi connectivity index (χ4n) is 1.49. The third kappa shape index (κ3) is 2.54. The van der Waals surface area contributed by atoms with Gasteiger partial charge in [-0.15, -0.1) is 0 Å². The summed E-state index contributed by atoms with van der Waals surface area (Å²) in [7, 11) is 0. The average Bonchev–Trinajstić information content (AvgIpc) is 2.00. The minimum Gasteiger partial charge on any atom is -0.508 e. The molecule has 1 rings (SSSR count). The number of hydrogen-bond donors (Lipinski definition) is 1. The van der Waals surface area contributed by atoms with Gasteiger partial charge in [-0.2, -0.15) is 0 Å². The van der Waals surface area contributed by atoms with Crippen LogP contribution in [0.2, 0.25) is 5.02 Å². The molecule has 0 aliphatic rings. The Balaban J connectivity index is 3.43. The molecular formula is C13H17ClO. The van der Waals surface area contributed by atoms with E-state index in [1.807, 2.05) is 13.0 Å². The van der Waals surface area contributed by atoms with Crippen LogP contribution < -0.4 is 0 Å². The minimum absolute atomic E-state index is 0.0983. The molecule has 82 valence electrons. The summed E-state index contributed by atoms with van der Waals surface area (Å²) in [4.78, 5) is 0. The molecule has 0 heterocycles. The summed E-state index contributed by atoms with van der Waals surface area (Å²) in [6, 6.07) is 3.51. The molecule has 0 aromatic heterocycles. The van der Waals surface area contributed by atoms with Crippen LogP contribution in [-0.2, 0) is 5.41 Å². The van der Waals surface area contributed by atoms with Crippen LogP contribution in [0.5, 0.6) is 5.75 Å². The third-order valence-corrected chi connectivity index (χ3v) is 2.67. The van der Waals surface area contributed by atoms with Crippen LogP contribution in [0.4, 0.5) is 0 Å². The fraction of sp³-hybridized carbons (Fsp3) is 0.385. The Morgan fingerprint density at radius 2 is 1.87 bits per heavy atom. The molecule has 1 aromatic rings. The molecule has 15 heavy (non-hydrogen) atoms. The SMILES string of the molecule is C=C(C)c1cc(C(C)(C)C)c(O)cc1Cl. The van der Waals surface area contributed by atoms with Gasteiger partial charge >= 0.3 is 0 Å². The Bertz CT molecular complexity index is 400. The number of allylic oxidation sites excluding steroid dienone is 1. The summed E-state index contributed by atoms with van der Waals surface area (Å²) in [6.45, 7) is 11.9. The first-order valence-electron chi connectivity index (χ1n) is 4.92. The van der Waals surface area contributed by atoms with E-state index in [0.717, 1.165) is 16.7 Å². The Morgan fingerprint density at radius 3 is 2.27 bits per heavy atom. The van der Waals surface area contributed by atoms with Gasteiger partial charge in [0.25, 0.3) is 0 Å². The highest BCUT2D eigenvalue weighted by atomic mass is 35.5. The van der Waals surface area contributed by atoms with Crippen molar-refractivity contribution in [2.45, 2.75) is 33.1 Å². The van der Waals surface area contributed by atoms with Crippen molar-refractivity contribution in [3.63, 3.8) is 0 Å². The van der Waals surface area contributed by atoms with Gasteiger partial charge in [-0.25, -0.2) is 0 Å². The van der Waals surface area contributed by atoms with Crippen LogP contribution in [0.25, 0.3) is 5.57 Å². The van der Waals surface area contributed by atoms with Gasteiger partial charge in [0.05, 0.1) is 5.02 Å². The minimum atomic E-state index is -0.0983. The Morgan fingerprint density at radius 1 is 1.33 bits per heavy atom. The molecule has 0 bridgehead atoms. The van der Waals surface area contributed by atoms with E-state index in [4.69, 9.17) is 11.6 Å². The second-order valence-electron chi connectivity index (χ2n) is 4.88. The van der Waals surface area contributed by atoms with Crippen molar-refractivity contribution in [2.75, 3.05) is 0 Å². The van der Waals surface area contributed by atoms with E-state index in [9.17, 15) is 5.11 Å². The van der Waals surface area contributed by atoms with E-state index >= 15 is 0 Å². The van der Waals surface area contributed by atoms with E-state index in [1.54, 1.807) is 6.07 Å². The van der Waals surface area contributed by atoms with Crippen molar-refractivity contribution >= 4 is 17.2 Å². The van der Waals surface area contributed by atoms with Gasteiger partial charge in [0, 0.05) is 0 Å². The molecular weight excluding hydrogens is 208 g/mol. The molecule has 0 saturated heterocycles. The smallest absolute Gasteiger partial charge is 0.120 e. The normalized spacial score (nSPS) is 11.5. The molecule has 1 nitrogen and oxygen atoms in total. The quantitative estimate of drug-likeness (QED) is 0.751. The number of halogens is 1. The highest BCUT2D eigenvalue weighted by Gasteiger charge is 2.20. The third-order valence-electron chi connectivity index (χ3n) is 2.35. The molecule has 0 unspecified atom stereocenters. The fourth-order valence-corrected chi connectivity index (χ4v) is 1.81. The van der Waals surface area contributed by atoms with Crippen LogP contribution in [0.15, 0.2) is 18.7 Å². The van der Waals surface area contributed by atoms with E-state index in [2.05, 4.69) is 27.4 Å². The standard InChI is InChI=1S/C13H17ClO/c1-8(2)9-6-10(13(3,4)5)12(15)7-11(9)14/h6-7,15H,1H2,2-5H3. The van der Waals surface area contributed by atoms with Gasteiger partial charge in [0.1, 0.15) is 5.75 Å². The Kier molecular flexibility index (Phi) is 3.15. The first-order chi connectivity index (χ1) is 6.73. The Labute approximate surface area is 96.4 Å². The van der Waals surface area contributed by atoms with Crippen LogP contribution in [0.3, 0.4) is 0 Å². The first-order valence-corrected chi connectivity index (χ1v) is 5.30. The number of benzene rings is 1. The monoisotopic (exact) mass is 224 g/mol. The second kappa shape index (κ2) is 3.90. The summed E-state index contributed by atoms with van der Waals surface area (Å²) < 4.78 is 0. The van der Waals surface area contributed by atoms with Crippen LogP contribution in [0.1, 0.15) is 38.8 Å². The summed E-state index contributed by atoms with van der Waals surface area (Å²) in [5.74, 6) is 0.248. The van der Waals surface area contributed by atoms with Crippen molar-refractivity contribution in [1.82, 2.24) is 0 Å². The first kappa shape index (κ1) is 12.1. The highest BCUT2D eigenvalue weighted by Crippen LogP contribution is 2.36. The zero-order valence-electron chi connectivity index (χ0n) is 9.69. The van der Waals surface area contributed by atoms with E-state index in [1.165, 1.54) is 0 Å². The Hall–Kier alpha value is -0.950. The van der Waals surface area contributed by atoms with Crippen molar-refractivity contribution in [1.29, 1.82) is 0 Å². The molecule has 0 amide bonds. The molecule has 0 saturated carbocycles. The molecule has 0 radical (unpaired) electrons. The number of rotatable bonds is 1. The maximum absolute atomic E-state index is 9.82. The second-order valence-corrected chi connectivity index (χ2v) is 5.29. The predicted molar refractivity (Wildman–Crippen MR) is 66.5 cm³/mol.